The van der Waals surface area contributed by atoms with Crippen molar-refractivity contribution in [2.24, 2.45) is 0 Å². The van der Waals surface area contributed by atoms with Crippen molar-refractivity contribution in [2.45, 2.75) is 24.3 Å². The molecule has 1 N–H and O–H groups in total. The van der Waals surface area contributed by atoms with E-state index in [4.69, 9.17) is 4.52 Å². The van der Waals surface area contributed by atoms with Crippen molar-refractivity contribution >= 4 is 23.5 Å². The molecule has 3 aromatic rings. The van der Waals surface area contributed by atoms with Crippen LogP contribution in [0.2, 0.25) is 0 Å². The maximum absolute atomic E-state index is 12.9. The third-order valence-electron chi connectivity index (χ3n) is 3.83. The van der Waals surface area contributed by atoms with E-state index in [0.717, 1.165) is 5.56 Å². The Kier molecular flexibility index (Phi) is 5.56. The van der Waals surface area contributed by atoms with E-state index < -0.39 is 0 Å². The van der Waals surface area contributed by atoms with E-state index in [1.807, 2.05) is 48.5 Å². The number of nitrogens with one attached hydrogen (secondary N) is 1. The molecule has 5 heteroatoms. The molecule has 0 aliphatic heterocycles. The normalized spacial score (nSPS) is 13.2. The first kappa shape index (κ1) is 17.3. The second-order valence-corrected chi connectivity index (χ2v) is 7.24. The van der Waals surface area contributed by atoms with E-state index in [9.17, 15) is 4.79 Å². The van der Waals surface area contributed by atoms with Crippen molar-refractivity contribution < 1.29 is 9.32 Å². The molecular formula is C20H20N2O2S. The minimum Gasteiger partial charge on any atom is -0.360 e. The van der Waals surface area contributed by atoms with E-state index in [2.05, 4.69) is 29.5 Å². The average molecular weight is 352 g/mol. The summed E-state index contributed by atoms with van der Waals surface area (Å²) in [7, 11) is 0. The zero-order valence-electron chi connectivity index (χ0n) is 14.2. The van der Waals surface area contributed by atoms with Crippen LogP contribution < -0.4 is 5.32 Å². The first-order chi connectivity index (χ1) is 12.1. The highest BCUT2D eigenvalue weighted by atomic mass is 32.2. The topological polar surface area (TPSA) is 55.1 Å². The van der Waals surface area contributed by atoms with Crippen LogP contribution in [0.25, 0.3) is 0 Å². The van der Waals surface area contributed by atoms with Crippen molar-refractivity contribution in [1.82, 2.24) is 5.16 Å². The third-order valence-corrected chi connectivity index (χ3v) is 5.27. The first-order valence-corrected chi connectivity index (χ1v) is 9.07. The Hall–Kier alpha value is -2.53. The van der Waals surface area contributed by atoms with Crippen LogP contribution in [0.3, 0.4) is 0 Å². The van der Waals surface area contributed by atoms with Crippen LogP contribution in [-0.4, -0.2) is 11.1 Å². The van der Waals surface area contributed by atoms with Gasteiger partial charge in [-0.1, -0.05) is 65.8 Å². The van der Waals surface area contributed by atoms with Crippen LogP contribution in [0.1, 0.15) is 34.3 Å². The predicted molar refractivity (Wildman–Crippen MR) is 102 cm³/mol. The Morgan fingerprint density at radius 2 is 1.64 bits per heavy atom. The van der Waals surface area contributed by atoms with Crippen LogP contribution in [0.4, 0.5) is 5.82 Å². The summed E-state index contributed by atoms with van der Waals surface area (Å²) in [5, 5.41) is 6.54. The lowest BCUT2D eigenvalue weighted by molar-refractivity contribution is -0.115. The van der Waals surface area contributed by atoms with Crippen LogP contribution >= 0.6 is 11.8 Å². The summed E-state index contributed by atoms with van der Waals surface area (Å²) in [6.45, 7) is 3.91. The van der Waals surface area contributed by atoms with Crippen LogP contribution in [0, 0.1) is 6.92 Å². The van der Waals surface area contributed by atoms with Crippen molar-refractivity contribution in [3.8, 4) is 0 Å². The largest absolute Gasteiger partial charge is 0.360 e. The second-order valence-electron chi connectivity index (χ2n) is 5.79. The summed E-state index contributed by atoms with van der Waals surface area (Å²) in [4.78, 5) is 12.9. The summed E-state index contributed by atoms with van der Waals surface area (Å²) in [6.07, 6.45) is 0. The number of benzene rings is 2. The number of carbonyl (C=O) groups is 1. The predicted octanol–water partition coefficient (Wildman–Crippen LogP) is 5.16. The number of carbonyl (C=O) groups excluding carboxylic acids is 1. The fraction of sp³-hybridized carbons (Fsp3) is 0.200. The molecule has 3 rings (SSSR count). The average Bonchev–Trinajstić information content (AvgIpc) is 3.05. The molecule has 1 heterocycles. The Bertz CT molecular complexity index is 818. The van der Waals surface area contributed by atoms with Gasteiger partial charge in [0.25, 0.3) is 0 Å². The van der Waals surface area contributed by atoms with Gasteiger partial charge in [-0.2, -0.15) is 0 Å². The number of nitrogens with zero attached hydrogens (tertiary/aromatic N) is 1. The molecule has 4 nitrogen and oxygen atoms in total. The number of rotatable bonds is 6. The number of amides is 1. The zero-order valence-corrected chi connectivity index (χ0v) is 15.0. The summed E-state index contributed by atoms with van der Waals surface area (Å²) >= 11 is 1.61. The standard InChI is InChI=1S/C20H20N2O2S/c1-14-13-18(22-24-14)21-20(23)19(17-11-7-4-8-12-17)25-15(2)16-9-5-3-6-10-16/h3-13,15,19H,1-2H3,(H,21,22,23). The Balaban J connectivity index is 1.81. The Morgan fingerprint density at radius 3 is 2.20 bits per heavy atom. The summed E-state index contributed by atoms with van der Waals surface area (Å²) < 4.78 is 5.03. The lowest BCUT2D eigenvalue weighted by Crippen LogP contribution is -2.20. The molecule has 25 heavy (non-hydrogen) atoms. The fourth-order valence-corrected chi connectivity index (χ4v) is 3.76. The highest BCUT2D eigenvalue weighted by molar-refractivity contribution is 8.00. The van der Waals surface area contributed by atoms with Crippen LogP contribution in [0.15, 0.2) is 71.3 Å². The molecule has 128 valence electrons. The molecule has 0 fully saturated rings. The van der Waals surface area contributed by atoms with Gasteiger partial charge < -0.3 is 9.84 Å². The highest BCUT2D eigenvalue weighted by Gasteiger charge is 2.25. The highest BCUT2D eigenvalue weighted by Crippen LogP contribution is 2.40. The molecule has 2 unspecified atom stereocenters. The van der Waals surface area contributed by atoms with E-state index >= 15 is 0 Å². The maximum atomic E-state index is 12.9. The minimum absolute atomic E-state index is 0.104. The van der Waals surface area contributed by atoms with E-state index in [1.165, 1.54) is 5.56 Å². The lowest BCUT2D eigenvalue weighted by Gasteiger charge is -2.20. The van der Waals surface area contributed by atoms with Gasteiger partial charge in [0.2, 0.25) is 5.91 Å². The van der Waals surface area contributed by atoms with Gasteiger partial charge in [-0.15, -0.1) is 11.8 Å². The molecular weight excluding hydrogens is 332 g/mol. The van der Waals surface area contributed by atoms with E-state index in [-0.39, 0.29) is 16.4 Å². The molecule has 0 saturated carbocycles. The van der Waals surface area contributed by atoms with E-state index in [1.54, 1.807) is 24.8 Å². The Morgan fingerprint density at radius 1 is 1.04 bits per heavy atom. The van der Waals surface area contributed by atoms with Gasteiger partial charge in [0.1, 0.15) is 11.0 Å². The van der Waals surface area contributed by atoms with Crippen molar-refractivity contribution in [2.75, 3.05) is 5.32 Å². The quantitative estimate of drug-likeness (QED) is 0.666. The lowest BCUT2D eigenvalue weighted by atomic mass is 10.1. The molecule has 1 amide bonds. The molecule has 2 atom stereocenters. The monoisotopic (exact) mass is 352 g/mol. The Labute approximate surface area is 151 Å². The number of hydrogen-bond acceptors (Lipinski definition) is 4. The van der Waals surface area contributed by atoms with E-state index in [0.29, 0.717) is 11.6 Å². The van der Waals surface area contributed by atoms with Gasteiger partial charge in [0.15, 0.2) is 5.82 Å². The molecule has 0 spiro atoms. The molecule has 0 bridgehead atoms. The SMILES string of the molecule is Cc1cc(NC(=O)C(SC(C)c2ccccc2)c2ccccc2)no1. The first-order valence-electron chi connectivity index (χ1n) is 8.13. The van der Waals surface area contributed by atoms with Gasteiger partial charge in [-0.05, 0) is 25.0 Å². The molecule has 0 aliphatic carbocycles. The fourth-order valence-electron chi connectivity index (χ4n) is 2.54. The van der Waals surface area contributed by atoms with Crippen molar-refractivity contribution in [3.05, 3.63) is 83.6 Å². The number of hydrogen-bond donors (Lipinski definition) is 1. The van der Waals surface area contributed by atoms with Gasteiger partial charge in [-0.3, -0.25) is 4.79 Å². The summed E-state index contributed by atoms with van der Waals surface area (Å²) in [5.41, 5.74) is 2.16. The van der Waals surface area contributed by atoms with Gasteiger partial charge in [0.05, 0.1) is 0 Å². The number of aryl methyl sites for hydroxylation is 1. The van der Waals surface area contributed by atoms with Gasteiger partial charge in [0, 0.05) is 11.3 Å². The van der Waals surface area contributed by atoms with Gasteiger partial charge >= 0.3 is 0 Å². The maximum Gasteiger partial charge on any atom is 0.243 e. The second kappa shape index (κ2) is 8.03. The third kappa shape index (κ3) is 4.51. The minimum atomic E-state index is -0.339. The zero-order chi connectivity index (χ0) is 17.6. The molecule has 0 radical (unpaired) electrons. The van der Waals surface area contributed by atoms with Gasteiger partial charge in [-0.25, -0.2) is 0 Å². The smallest absolute Gasteiger partial charge is 0.243 e. The summed E-state index contributed by atoms with van der Waals surface area (Å²) in [5.74, 6) is 1.00. The summed E-state index contributed by atoms with van der Waals surface area (Å²) in [6, 6.07) is 21.7. The number of anilines is 1. The van der Waals surface area contributed by atoms with Crippen LogP contribution in [-0.2, 0) is 4.79 Å². The molecule has 0 saturated heterocycles. The number of thioether (sulfide) groups is 1. The molecule has 2 aromatic carbocycles. The molecule has 0 aliphatic rings. The van der Waals surface area contributed by atoms with Crippen molar-refractivity contribution in [1.29, 1.82) is 0 Å². The van der Waals surface area contributed by atoms with Crippen LogP contribution in [0.5, 0.6) is 0 Å². The molecule has 1 aromatic heterocycles. The number of aromatic nitrogens is 1. The van der Waals surface area contributed by atoms with Crippen molar-refractivity contribution in [3.63, 3.8) is 0 Å².